The van der Waals surface area contributed by atoms with Gasteiger partial charge in [-0.25, -0.2) is 13.6 Å². The van der Waals surface area contributed by atoms with Crippen LogP contribution in [0.1, 0.15) is 36.0 Å². The minimum absolute atomic E-state index is 0.00867. The fraction of sp³-hybridized carbons (Fsp3) is 0.333. The Kier molecular flexibility index (Phi) is 6.73. The molecule has 0 unspecified atom stereocenters. The maximum absolute atomic E-state index is 12.5. The lowest BCUT2D eigenvalue weighted by molar-refractivity contribution is -0.120. The van der Waals surface area contributed by atoms with Crippen molar-refractivity contribution >= 4 is 27.5 Å². The number of sulfonamides is 1. The number of primary sulfonamides is 1. The second kappa shape index (κ2) is 9.27. The van der Waals surface area contributed by atoms with Crippen molar-refractivity contribution in [3.63, 3.8) is 0 Å². The van der Waals surface area contributed by atoms with Crippen molar-refractivity contribution in [1.82, 2.24) is 5.32 Å². The van der Waals surface area contributed by atoms with Gasteiger partial charge in [-0.2, -0.15) is 0 Å². The molecule has 0 heterocycles. The van der Waals surface area contributed by atoms with E-state index in [9.17, 15) is 18.0 Å². The van der Waals surface area contributed by atoms with E-state index in [1.54, 1.807) is 37.4 Å². The van der Waals surface area contributed by atoms with E-state index in [0.29, 0.717) is 42.7 Å². The first-order valence-electron chi connectivity index (χ1n) is 9.65. The number of nitrogens with two attached hydrogens (primary N) is 1. The number of rotatable bonds is 6. The Bertz CT molecular complexity index is 1010. The number of methoxy groups -OCH3 is 1. The third kappa shape index (κ3) is 5.58. The first kappa shape index (κ1) is 21.8. The number of hydrogen-bond acceptors (Lipinski definition) is 5. The third-order valence-corrected chi connectivity index (χ3v) is 6.13. The molecule has 1 aliphatic carbocycles. The number of benzene rings is 2. The number of nitrogens with one attached hydrogen (secondary N) is 2. The molecule has 0 aliphatic heterocycles. The van der Waals surface area contributed by atoms with Crippen molar-refractivity contribution in [2.45, 2.75) is 36.6 Å². The normalized spacial score (nSPS) is 19.0. The van der Waals surface area contributed by atoms with Gasteiger partial charge in [-0.1, -0.05) is 6.07 Å². The van der Waals surface area contributed by atoms with Crippen LogP contribution in [0.3, 0.4) is 0 Å². The van der Waals surface area contributed by atoms with E-state index >= 15 is 0 Å². The van der Waals surface area contributed by atoms with Crippen LogP contribution in [0, 0.1) is 5.92 Å². The zero-order chi connectivity index (χ0) is 21.7. The average Bonchev–Trinajstić information content (AvgIpc) is 2.74. The van der Waals surface area contributed by atoms with Crippen molar-refractivity contribution in [2.24, 2.45) is 11.1 Å². The summed E-state index contributed by atoms with van der Waals surface area (Å²) in [4.78, 5) is 24.9. The lowest BCUT2D eigenvalue weighted by Crippen LogP contribution is -2.39. The van der Waals surface area contributed by atoms with E-state index in [1.165, 1.54) is 18.2 Å². The summed E-state index contributed by atoms with van der Waals surface area (Å²) in [5.41, 5.74) is 0.951. The van der Waals surface area contributed by atoms with E-state index in [4.69, 9.17) is 9.88 Å². The lowest BCUT2D eigenvalue weighted by atomic mass is 9.85. The van der Waals surface area contributed by atoms with E-state index in [2.05, 4.69) is 10.6 Å². The highest BCUT2D eigenvalue weighted by Gasteiger charge is 2.27. The van der Waals surface area contributed by atoms with Gasteiger partial charge in [-0.05, 0) is 68.1 Å². The van der Waals surface area contributed by atoms with Crippen LogP contribution in [0.25, 0.3) is 0 Å². The Morgan fingerprint density at radius 1 is 1.03 bits per heavy atom. The number of anilines is 1. The molecule has 2 aromatic carbocycles. The van der Waals surface area contributed by atoms with Crippen LogP contribution < -0.4 is 20.5 Å². The summed E-state index contributed by atoms with van der Waals surface area (Å²) in [6.45, 7) is 0. The molecular weight excluding hydrogens is 406 g/mol. The molecule has 2 aromatic rings. The van der Waals surface area contributed by atoms with E-state index in [1.807, 2.05) is 0 Å². The highest BCUT2D eigenvalue weighted by molar-refractivity contribution is 7.89. The van der Waals surface area contributed by atoms with Crippen LogP contribution in [0.5, 0.6) is 5.75 Å². The van der Waals surface area contributed by atoms with Crippen LogP contribution in [0.4, 0.5) is 5.69 Å². The second-order valence-corrected chi connectivity index (χ2v) is 8.87. The summed E-state index contributed by atoms with van der Waals surface area (Å²) < 4.78 is 28.0. The Hall–Kier alpha value is -2.91. The van der Waals surface area contributed by atoms with E-state index < -0.39 is 10.0 Å². The maximum atomic E-state index is 12.5. The highest BCUT2D eigenvalue weighted by atomic mass is 32.2. The molecule has 1 aliphatic rings. The van der Waals surface area contributed by atoms with Crippen molar-refractivity contribution in [3.05, 3.63) is 54.1 Å². The molecule has 0 bridgehead atoms. The quantitative estimate of drug-likeness (QED) is 0.646. The predicted molar refractivity (Wildman–Crippen MR) is 113 cm³/mol. The van der Waals surface area contributed by atoms with Crippen molar-refractivity contribution in [3.8, 4) is 5.75 Å². The number of carbonyl (C=O) groups is 2. The Balaban J connectivity index is 1.51. The van der Waals surface area contributed by atoms with Gasteiger partial charge in [-0.15, -0.1) is 0 Å². The molecule has 160 valence electrons. The minimum Gasteiger partial charge on any atom is -0.497 e. The summed E-state index contributed by atoms with van der Waals surface area (Å²) in [5.74, 6) is 0.178. The molecule has 8 nitrogen and oxygen atoms in total. The van der Waals surface area contributed by atoms with Gasteiger partial charge in [0, 0.05) is 23.2 Å². The maximum Gasteiger partial charge on any atom is 0.251 e. The first-order chi connectivity index (χ1) is 14.3. The van der Waals surface area contributed by atoms with Gasteiger partial charge in [0.15, 0.2) is 0 Å². The largest absolute Gasteiger partial charge is 0.497 e. The number of amides is 2. The highest BCUT2D eigenvalue weighted by Crippen LogP contribution is 2.26. The van der Waals surface area contributed by atoms with Crippen molar-refractivity contribution < 1.29 is 22.7 Å². The minimum atomic E-state index is -3.83. The van der Waals surface area contributed by atoms with Gasteiger partial charge in [0.1, 0.15) is 5.75 Å². The molecule has 0 saturated heterocycles. The summed E-state index contributed by atoms with van der Waals surface area (Å²) in [5, 5.41) is 10.9. The lowest BCUT2D eigenvalue weighted by Gasteiger charge is -2.28. The fourth-order valence-corrected chi connectivity index (χ4v) is 4.07. The predicted octanol–water partition coefficient (Wildman–Crippen LogP) is 2.27. The topological polar surface area (TPSA) is 128 Å². The van der Waals surface area contributed by atoms with Gasteiger partial charge in [-0.3, -0.25) is 9.59 Å². The molecule has 2 amide bonds. The third-order valence-electron chi connectivity index (χ3n) is 5.22. The number of ether oxygens (including phenoxy) is 1. The molecule has 9 heteroatoms. The molecule has 3 rings (SSSR count). The van der Waals surface area contributed by atoms with Crippen LogP contribution in [-0.4, -0.2) is 33.4 Å². The molecule has 0 spiro atoms. The number of hydrogen-bond donors (Lipinski definition) is 3. The molecule has 0 atom stereocenters. The zero-order valence-electron chi connectivity index (χ0n) is 16.6. The Labute approximate surface area is 175 Å². The van der Waals surface area contributed by atoms with Gasteiger partial charge in [0.05, 0.1) is 12.0 Å². The molecule has 4 N–H and O–H groups in total. The van der Waals surface area contributed by atoms with E-state index in [-0.39, 0.29) is 28.7 Å². The summed E-state index contributed by atoms with van der Waals surface area (Å²) in [6.07, 6.45) is 2.65. The first-order valence-corrected chi connectivity index (χ1v) is 11.2. The Morgan fingerprint density at radius 2 is 1.70 bits per heavy atom. The van der Waals surface area contributed by atoms with Crippen LogP contribution >= 0.6 is 0 Å². The number of carbonyl (C=O) groups excluding carboxylic acids is 2. The Morgan fingerprint density at radius 3 is 2.30 bits per heavy atom. The molecule has 0 aromatic heterocycles. The van der Waals surface area contributed by atoms with Crippen LogP contribution in [-0.2, 0) is 14.8 Å². The molecule has 0 radical (unpaired) electrons. The second-order valence-electron chi connectivity index (χ2n) is 7.31. The van der Waals surface area contributed by atoms with Gasteiger partial charge in [0.25, 0.3) is 5.91 Å². The smallest absolute Gasteiger partial charge is 0.251 e. The van der Waals surface area contributed by atoms with Crippen molar-refractivity contribution in [2.75, 3.05) is 12.4 Å². The SMILES string of the molecule is COc1ccc(C(=O)NC2CCC(C(=O)Nc3cccc(S(N)(=O)=O)c3)CC2)cc1. The van der Waals surface area contributed by atoms with Crippen LogP contribution in [0.15, 0.2) is 53.4 Å². The summed E-state index contributed by atoms with van der Waals surface area (Å²) in [7, 11) is -2.26. The van der Waals surface area contributed by atoms with Gasteiger partial charge in [0.2, 0.25) is 15.9 Å². The van der Waals surface area contributed by atoms with Crippen molar-refractivity contribution in [1.29, 1.82) is 0 Å². The fourth-order valence-electron chi connectivity index (χ4n) is 3.51. The molecule has 1 saturated carbocycles. The van der Waals surface area contributed by atoms with Gasteiger partial charge >= 0.3 is 0 Å². The zero-order valence-corrected chi connectivity index (χ0v) is 17.4. The van der Waals surface area contributed by atoms with E-state index in [0.717, 1.165) is 0 Å². The van der Waals surface area contributed by atoms with Crippen LogP contribution in [0.2, 0.25) is 0 Å². The van der Waals surface area contributed by atoms with Gasteiger partial charge < -0.3 is 15.4 Å². The monoisotopic (exact) mass is 431 g/mol. The molecule has 1 fully saturated rings. The standard InChI is InChI=1S/C21H25N3O5S/c1-29-18-11-7-15(8-12-18)20(25)23-16-9-5-14(6-10-16)21(26)24-17-3-2-4-19(13-17)30(22,27)28/h2-4,7-8,11-14,16H,5-6,9-10H2,1H3,(H,23,25)(H,24,26)(H2,22,27,28). The average molecular weight is 432 g/mol. The molecular formula is C21H25N3O5S. The molecule has 30 heavy (non-hydrogen) atoms. The summed E-state index contributed by atoms with van der Waals surface area (Å²) in [6, 6.07) is 12.8. The summed E-state index contributed by atoms with van der Waals surface area (Å²) >= 11 is 0.